The standard InChI is InChI=1S/C12H16N2O4/c1-8(2)6-14(7-11(16)17)12(18)9-5-13-4-3-10(9)15/h3-5,8H,6-7H2,1-2H3,(H,13,15)(H,16,17). The molecule has 0 saturated heterocycles. The first-order valence-corrected chi connectivity index (χ1v) is 5.60. The molecule has 0 fully saturated rings. The average Bonchev–Trinajstić information content (AvgIpc) is 2.26. The summed E-state index contributed by atoms with van der Waals surface area (Å²) >= 11 is 0. The van der Waals surface area contributed by atoms with Crippen LogP contribution in [0.5, 0.6) is 0 Å². The van der Waals surface area contributed by atoms with Crippen LogP contribution in [0.25, 0.3) is 0 Å². The van der Waals surface area contributed by atoms with E-state index in [-0.39, 0.29) is 11.5 Å². The third-order valence-electron chi connectivity index (χ3n) is 2.25. The van der Waals surface area contributed by atoms with E-state index >= 15 is 0 Å². The molecule has 1 aromatic heterocycles. The normalized spacial score (nSPS) is 10.4. The Balaban J connectivity index is 2.98. The highest BCUT2D eigenvalue weighted by atomic mass is 16.4. The van der Waals surface area contributed by atoms with Gasteiger partial charge in [0.05, 0.1) is 0 Å². The Bertz CT molecular complexity index is 493. The Morgan fingerprint density at radius 1 is 1.44 bits per heavy atom. The van der Waals surface area contributed by atoms with Crippen LogP contribution in [0.1, 0.15) is 24.2 Å². The van der Waals surface area contributed by atoms with Gasteiger partial charge in [0.25, 0.3) is 5.91 Å². The maximum atomic E-state index is 12.1. The van der Waals surface area contributed by atoms with Gasteiger partial charge in [0.1, 0.15) is 12.1 Å². The maximum Gasteiger partial charge on any atom is 0.323 e. The van der Waals surface area contributed by atoms with Gasteiger partial charge in [-0.3, -0.25) is 14.4 Å². The second-order valence-electron chi connectivity index (χ2n) is 4.40. The van der Waals surface area contributed by atoms with Crippen molar-refractivity contribution in [2.24, 2.45) is 5.92 Å². The van der Waals surface area contributed by atoms with E-state index in [4.69, 9.17) is 5.11 Å². The van der Waals surface area contributed by atoms with E-state index in [0.717, 1.165) is 4.90 Å². The van der Waals surface area contributed by atoms with Crippen LogP contribution in [0.3, 0.4) is 0 Å². The molecule has 0 unspecified atom stereocenters. The zero-order valence-electron chi connectivity index (χ0n) is 10.3. The maximum absolute atomic E-state index is 12.1. The van der Waals surface area contributed by atoms with Crippen molar-refractivity contribution in [3.63, 3.8) is 0 Å². The minimum Gasteiger partial charge on any atom is -0.480 e. The minimum absolute atomic E-state index is 0.0422. The first-order valence-electron chi connectivity index (χ1n) is 5.60. The van der Waals surface area contributed by atoms with Gasteiger partial charge in [0, 0.05) is 25.0 Å². The number of aromatic nitrogens is 1. The van der Waals surface area contributed by atoms with Crippen LogP contribution in [0, 0.1) is 5.92 Å². The molecule has 1 heterocycles. The molecule has 0 aromatic carbocycles. The molecule has 1 aromatic rings. The van der Waals surface area contributed by atoms with Crippen molar-refractivity contribution in [2.45, 2.75) is 13.8 Å². The van der Waals surface area contributed by atoms with Crippen molar-refractivity contribution < 1.29 is 14.7 Å². The lowest BCUT2D eigenvalue weighted by atomic mass is 10.1. The number of carbonyl (C=O) groups is 2. The van der Waals surface area contributed by atoms with Crippen LogP contribution < -0.4 is 5.43 Å². The molecule has 0 spiro atoms. The molecule has 2 N–H and O–H groups in total. The number of carboxylic acids is 1. The van der Waals surface area contributed by atoms with Gasteiger partial charge in [-0.1, -0.05) is 13.8 Å². The Morgan fingerprint density at radius 2 is 2.11 bits per heavy atom. The summed E-state index contributed by atoms with van der Waals surface area (Å²) < 4.78 is 0. The molecule has 0 radical (unpaired) electrons. The fourth-order valence-corrected chi connectivity index (χ4v) is 1.58. The van der Waals surface area contributed by atoms with Crippen molar-refractivity contribution in [2.75, 3.05) is 13.1 Å². The van der Waals surface area contributed by atoms with Crippen molar-refractivity contribution in [3.05, 3.63) is 34.2 Å². The number of aromatic amines is 1. The van der Waals surface area contributed by atoms with E-state index in [1.54, 1.807) is 0 Å². The SMILES string of the molecule is CC(C)CN(CC(=O)O)C(=O)c1c[nH]ccc1=O. The minimum atomic E-state index is -1.10. The number of hydrogen-bond donors (Lipinski definition) is 2. The van der Waals surface area contributed by atoms with Crippen molar-refractivity contribution in [3.8, 4) is 0 Å². The summed E-state index contributed by atoms with van der Waals surface area (Å²) in [7, 11) is 0. The number of pyridine rings is 1. The second-order valence-corrected chi connectivity index (χ2v) is 4.40. The lowest BCUT2D eigenvalue weighted by Gasteiger charge is -2.22. The van der Waals surface area contributed by atoms with Crippen LogP contribution >= 0.6 is 0 Å². The first-order chi connectivity index (χ1) is 8.41. The van der Waals surface area contributed by atoms with Crippen molar-refractivity contribution in [1.82, 2.24) is 9.88 Å². The number of aliphatic carboxylic acids is 1. The summed E-state index contributed by atoms with van der Waals surface area (Å²) in [5, 5.41) is 8.78. The first kappa shape index (κ1) is 14.0. The van der Waals surface area contributed by atoms with E-state index in [9.17, 15) is 14.4 Å². The zero-order chi connectivity index (χ0) is 13.7. The molecule has 0 aliphatic heterocycles. The molecule has 0 aliphatic rings. The summed E-state index contributed by atoms with van der Waals surface area (Å²) in [6.45, 7) is 3.62. The molecule has 98 valence electrons. The number of rotatable bonds is 5. The van der Waals surface area contributed by atoms with Crippen molar-refractivity contribution >= 4 is 11.9 Å². The number of nitrogens with zero attached hydrogens (tertiary/aromatic N) is 1. The Kier molecular flexibility index (Phi) is 4.65. The average molecular weight is 252 g/mol. The topological polar surface area (TPSA) is 90.5 Å². The molecule has 18 heavy (non-hydrogen) atoms. The summed E-state index contributed by atoms with van der Waals surface area (Å²) in [5.74, 6) is -1.54. The molecule has 0 bridgehead atoms. The lowest BCUT2D eigenvalue weighted by molar-refractivity contribution is -0.137. The molecule has 6 heteroatoms. The van der Waals surface area contributed by atoms with Gasteiger partial charge >= 0.3 is 5.97 Å². The highest BCUT2D eigenvalue weighted by molar-refractivity contribution is 5.95. The fourth-order valence-electron chi connectivity index (χ4n) is 1.58. The summed E-state index contributed by atoms with van der Waals surface area (Å²) in [6, 6.07) is 1.24. The summed E-state index contributed by atoms with van der Waals surface area (Å²) in [5.41, 5.74) is -0.461. The van der Waals surface area contributed by atoms with Gasteiger partial charge in [-0.2, -0.15) is 0 Å². The third-order valence-corrected chi connectivity index (χ3v) is 2.25. The van der Waals surface area contributed by atoms with Crippen molar-refractivity contribution in [1.29, 1.82) is 0 Å². The number of hydrogen-bond acceptors (Lipinski definition) is 3. The van der Waals surface area contributed by atoms with Gasteiger partial charge in [-0.15, -0.1) is 0 Å². The molecule has 1 rings (SSSR count). The molecule has 1 amide bonds. The summed E-state index contributed by atoms with van der Waals surface area (Å²) in [4.78, 5) is 38.1. The Labute approximate surface area is 104 Å². The molecule has 0 aliphatic carbocycles. The fraction of sp³-hybridized carbons (Fsp3) is 0.417. The van der Waals surface area contributed by atoms with Crippen LogP contribution in [0.2, 0.25) is 0 Å². The van der Waals surface area contributed by atoms with Crippen LogP contribution in [0.4, 0.5) is 0 Å². The van der Waals surface area contributed by atoms with Crippen LogP contribution in [0.15, 0.2) is 23.3 Å². The predicted molar refractivity (Wildman–Crippen MR) is 65.4 cm³/mol. The highest BCUT2D eigenvalue weighted by Crippen LogP contribution is 2.03. The lowest BCUT2D eigenvalue weighted by Crippen LogP contribution is -2.40. The quantitative estimate of drug-likeness (QED) is 0.801. The molecular formula is C12H16N2O4. The van der Waals surface area contributed by atoms with E-state index < -0.39 is 23.9 Å². The second kappa shape index (κ2) is 6.00. The summed E-state index contributed by atoms with van der Waals surface area (Å²) in [6.07, 6.45) is 2.71. The van der Waals surface area contributed by atoms with Gasteiger partial charge in [-0.05, 0) is 5.92 Å². The zero-order valence-corrected chi connectivity index (χ0v) is 10.3. The molecule has 6 nitrogen and oxygen atoms in total. The van der Waals surface area contributed by atoms with E-state index in [1.807, 2.05) is 13.8 Å². The third kappa shape index (κ3) is 3.73. The highest BCUT2D eigenvalue weighted by Gasteiger charge is 2.21. The van der Waals surface area contributed by atoms with Gasteiger partial charge in [-0.25, -0.2) is 0 Å². The van der Waals surface area contributed by atoms with E-state index in [2.05, 4.69) is 4.98 Å². The monoisotopic (exact) mass is 252 g/mol. The smallest absolute Gasteiger partial charge is 0.323 e. The number of H-pyrrole nitrogens is 1. The Morgan fingerprint density at radius 3 is 2.61 bits per heavy atom. The molecule has 0 atom stereocenters. The number of nitrogens with one attached hydrogen (secondary N) is 1. The van der Waals surface area contributed by atoms with Gasteiger partial charge in [0.2, 0.25) is 0 Å². The van der Waals surface area contributed by atoms with E-state index in [0.29, 0.717) is 6.54 Å². The van der Waals surface area contributed by atoms with Gasteiger partial charge < -0.3 is 15.0 Å². The van der Waals surface area contributed by atoms with Gasteiger partial charge in [0.15, 0.2) is 5.43 Å². The Hall–Kier alpha value is -2.11. The van der Waals surface area contributed by atoms with E-state index in [1.165, 1.54) is 18.5 Å². The molecule has 0 saturated carbocycles. The number of carbonyl (C=O) groups excluding carboxylic acids is 1. The van der Waals surface area contributed by atoms with Crippen LogP contribution in [-0.2, 0) is 4.79 Å². The predicted octanol–water partition coefficient (Wildman–Crippen LogP) is 0.558. The number of carboxylic acid groups (broad SMARTS) is 1. The molecular weight excluding hydrogens is 236 g/mol. The van der Waals surface area contributed by atoms with Crippen LogP contribution in [-0.4, -0.2) is 40.0 Å². The number of amides is 1. The largest absolute Gasteiger partial charge is 0.480 e.